The normalized spacial score (nSPS) is 20.9. The number of carbonyl (C=O) groups is 11. The second-order valence-electron chi connectivity index (χ2n) is 38.7. The molecule has 4 aliphatic carbocycles. The molecular weight excluding hydrogens is 1850 g/mol. The molecule has 13 atom stereocenters. The van der Waals surface area contributed by atoms with Gasteiger partial charge in [-0.25, -0.2) is 9.59 Å². The Morgan fingerprint density at radius 3 is 1.68 bits per heavy atom. The molecule has 0 unspecified atom stereocenters. The molecule has 0 bridgehead atoms. The van der Waals surface area contributed by atoms with E-state index in [2.05, 4.69) is 72.4 Å². The summed E-state index contributed by atoms with van der Waals surface area (Å²) < 4.78 is 45.2. The minimum atomic E-state index is -1.99. The number of imide groups is 1. The number of fused-ring (bicyclic) bond motifs is 8. The van der Waals surface area contributed by atoms with Gasteiger partial charge in [0, 0.05) is 93.2 Å². The number of urea groups is 1. The van der Waals surface area contributed by atoms with Crippen LogP contribution in [0, 0.1) is 34.5 Å². The highest BCUT2D eigenvalue weighted by Crippen LogP contribution is 2.60. The molecule has 5 aromatic carbocycles. The smallest absolute Gasteiger partial charge is 0.411 e. The Kier molecular flexibility index (Phi) is 44.9. The molecule has 5 aromatic rings. The van der Waals surface area contributed by atoms with E-state index in [1.807, 2.05) is 99.8 Å². The molecule has 10 rings (SSSR count). The van der Waals surface area contributed by atoms with Crippen LogP contribution in [-0.2, 0) is 118 Å². The minimum Gasteiger partial charge on any atom is -0.508 e. The number of hydrogen-bond donors (Lipinski definition) is 19. The highest BCUT2D eigenvalue weighted by Gasteiger charge is 2.59. The molecule has 786 valence electrons. The molecule has 0 aromatic heterocycles. The maximum Gasteiger partial charge on any atom is 0.411 e. The summed E-state index contributed by atoms with van der Waals surface area (Å²) in [7, 11) is 1.87. The van der Waals surface area contributed by atoms with Gasteiger partial charge in [0.2, 0.25) is 47.3 Å². The number of aliphatic hydroxyl groups excluding tert-OH is 5. The number of aryl methyl sites for hydroxylation is 2. The number of rotatable bonds is 59. The van der Waals surface area contributed by atoms with Gasteiger partial charge >= 0.3 is 12.1 Å². The van der Waals surface area contributed by atoms with E-state index in [0.29, 0.717) is 99.3 Å². The Morgan fingerprint density at radius 1 is 0.524 bits per heavy atom. The predicted octanol–water partition coefficient (Wildman–Crippen LogP) is 5.47. The highest BCUT2D eigenvalue weighted by atomic mass is 16.6. The quantitative estimate of drug-likeness (QED) is 0.00992. The topological polar surface area (TPSA) is 571 Å². The van der Waals surface area contributed by atoms with Crippen molar-refractivity contribution in [2.45, 2.75) is 218 Å². The Bertz CT molecular complexity index is 5090. The fourth-order valence-electron chi connectivity index (χ4n) is 20.6. The van der Waals surface area contributed by atoms with Crippen molar-refractivity contribution in [3.05, 3.63) is 154 Å². The summed E-state index contributed by atoms with van der Waals surface area (Å²) >= 11 is 0. The van der Waals surface area contributed by atoms with Gasteiger partial charge in [-0.1, -0.05) is 121 Å². The molecule has 5 aliphatic rings. The van der Waals surface area contributed by atoms with Crippen molar-refractivity contribution in [1.29, 1.82) is 0 Å². The largest absolute Gasteiger partial charge is 0.508 e. The first kappa shape index (κ1) is 114. The number of nitrogens with one attached hydrogen (secondary N) is 11. The van der Waals surface area contributed by atoms with Gasteiger partial charge in [0.15, 0.2) is 5.78 Å². The van der Waals surface area contributed by atoms with Crippen molar-refractivity contribution in [3.8, 4) is 5.75 Å². The number of para-hydroxylation sites is 1. The summed E-state index contributed by atoms with van der Waals surface area (Å²) in [4.78, 5) is 154. The van der Waals surface area contributed by atoms with Crippen LogP contribution in [0.1, 0.15) is 189 Å². The number of anilines is 3. The number of phenolic OH excluding ortho intramolecular Hbond substituents is 1. The van der Waals surface area contributed by atoms with E-state index < -0.39 is 132 Å². The van der Waals surface area contributed by atoms with E-state index in [0.717, 1.165) is 85.0 Å². The monoisotopic (exact) mass is 2000 g/mol. The molecule has 11 amide bonds. The first-order valence-corrected chi connectivity index (χ1v) is 50.0. The van der Waals surface area contributed by atoms with Crippen LogP contribution < -0.4 is 75.1 Å². The van der Waals surface area contributed by atoms with Crippen molar-refractivity contribution >= 4 is 93.6 Å². The van der Waals surface area contributed by atoms with Gasteiger partial charge in [0.25, 0.3) is 0 Å². The third kappa shape index (κ3) is 32.2. The Labute approximate surface area is 836 Å². The number of primary amides is 1. The minimum absolute atomic E-state index is 0.0262. The average Bonchev–Trinajstić information content (AvgIpc) is 0.718. The number of ketones is 1. The average molecular weight is 2000 g/mol. The van der Waals surface area contributed by atoms with Crippen molar-refractivity contribution in [1.82, 2.24) is 48.0 Å². The number of aromatic hydroxyl groups is 1. The number of amides is 11. The molecule has 21 N–H and O–H groups in total. The van der Waals surface area contributed by atoms with Crippen LogP contribution in [0.2, 0.25) is 0 Å². The zero-order valence-corrected chi connectivity index (χ0v) is 83.5. The first-order chi connectivity index (χ1) is 68.7. The van der Waals surface area contributed by atoms with Crippen LogP contribution in [0.4, 0.5) is 26.7 Å². The van der Waals surface area contributed by atoms with Gasteiger partial charge < -0.3 is 127 Å². The predicted molar refractivity (Wildman–Crippen MR) is 534 cm³/mol. The molecular formula is C104H150N14O25. The number of carbonyl (C=O) groups excluding carboxylic acids is 11. The number of nitrogens with zero attached hydrogens (tertiary/aromatic N) is 1. The van der Waals surface area contributed by atoms with Crippen LogP contribution >= 0.6 is 0 Å². The van der Waals surface area contributed by atoms with Gasteiger partial charge in [-0.15, -0.1) is 0 Å². The number of nitrogens with two attached hydrogens (primary N) is 2. The third-order valence-electron chi connectivity index (χ3n) is 28.4. The number of Topliss-reactive ketones (excluding diaryl/α,β-unsaturated/α-hetero) is 1. The van der Waals surface area contributed by atoms with Crippen molar-refractivity contribution in [2.75, 3.05) is 154 Å². The van der Waals surface area contributed by atoms with Crippen LogP contribution in [0.5, 0.6) is 5.75 Å². The number of hydrogen-bond acceptors (Lipinski definition) is 29. The van der Waals surface area contributed by atoms with Gasteiger partial charge in [0.05, 0.1) is 146 Å². The molecule has 143 heavy (non-hydrogen) atoms. The lowest BCUT2D eigenvalue weighted by atomic mass is 9.49. The fraction of sp³-hybridized carbons (Fsp3) is 0.587. The summed E-state index contributed by atoms with van der Waals surface area (Å²) in [5.74, 6) is 0.0651. The van der Waals surface area contributed by atoms with Crippen LogP contribution in [0.3, 0.4) is 0 Å². The molecule has 2 fully saturated rings. The molecule has 0 saturated heterocycles. The second kappa shape index (κ2) is 56.4. The Morgan fingerprint density at radius 2 is 1.08 bits per heavy atom. The molecule has 1 heterocycles. The van der Waals surface area contributed by atoms with E-state index in [9.17, 15) is 83.4 Å². The van der Waals surface area contributed by atoms with Gasteiger partial charge in [-0.05, 0) is 182 Å². The summed E-state index contributed by atoms with van der Waals surface area (Å²) in [6.07, 6.45) is -2.21. The second-order valence-corrected chi connectivity index (χ2v) is 38.7. The number of hydrazine groups is 1. The Balaban J connectivity index is 0.643. The summed E-state index contributed by atoms with van der Waals surface area (Å²) in [6, 6.07) is 29.4. The summed E-state index contributed by atoms with van der Waals surface area (Å²) in [5.41, 5.74) is 15.9. The van der Waals surface area contributed by atoms with E-state index in [1.165, 1.54) is 5.56 Å². The number of aliphatic hydroxyl groups is 5. The van der Waals surface area contributed by atoms with Crippen LogP contribution in [-0.4, -0.2) is 271 Å². The van der Waals surface area contributed by atoms with Crippen molar-refractivity contribution < 1.29 is 121 Å². The van der Waals surface area contributed by atoms with Crippen LogP contribution in [0.25, 0.3) is 11.4 Å². The lowest BCUT2D eigenvalue weighted by Gasteiger charge is -2.56. The standard InChI is InChI=1S/C104H150N14O25/c1-66(2)90(81(121)59-70(16-12-41-110-99(105)134)95(130)112-72-26-20-67(21-27-72)65-143-100(135)113-73-28-22-68-24-31-84-101(3,77(68)60-73)37-13-39-103(84,5)97(132)116-98(133)104(6)40-14-38-102(4)78-61-74(120)29-23-69(78)25-32-85(102)104)115-96(131)79(30-33-87(125)111-62-82(122)93(128)94(129)83(123)64-119)114-88(126)36-45-136-49-53-140-57-58-142-55-51-138-47-43-108-86(124)34-35-89(127)118-63-71-15-8-9-17-75(71)91(92(117-106)76-18-10-11-19-80(76)118)109-44-48-139-52-56-141-54-50-137-46-42-107-7/h8-11,15,17-23,26-29,60-61,66,70,79,82-85,90,93-94,107,109,117,119-120,122-123,128-129H,12-14,16,24-25,30-59,62-65,106H2,1-7H3,(H,108,124)(H,111,125)(H,112,130)(H,113,135)(H,114,126)(H,115,131)(H3,105,110,134)(H,116,132,133)/b92-91-/t70-,79-,82+,83-,84-,85-,90+,93-,94-,101-,102-,103+,104+/m1/s1. The lowest BCUT2D eigenvalue weighted by Crippen LogP contribution is -2.60. The molecule has 0 spiro atoms. The molecule has 1 aliphatic heterocycles. The van der Waals surface area contributed by atoms with Crippen molar-refractivity contribution in [2.24, 2.45) is 46.1 Å². The van der Waals surface area contributed by atoms with Gasteiger partial charge in [-0.3, -0.25) is 59.6 Å². The third-order valence-corrected chi connectivity index (χ3v) is 28.4. The summed E-state index contributed by atoms with van der Waals surface area (Å²) in [5, 5.41) is 88.8. The van der Waals surface area contributed by atoms with E-state index in [4.69, 9.17) is 49.5 Å². The zero-order valence-electron chi connectivity index (χ0n) is 83.5. The van der Waals surface area contributed by atoms with Crippen LogP contribution in [0.15, 0.2) is 109 Å². The zero-order chi connectivity index (χ0) is 103. The SMILES string of the molecule is CNCCOCCOCCOCCN/C1=C(\NN)c2ccccc2N(C(=O)CCC(=O)NCCOCCOCCOCCOCCC(=O)N[C@H](CCC(=O)NC[C@H](O)[C@@H](O)[C@H](O)[C@H](O)CO)C(=O)N[C@H](C(=O)C[C@@H](CCCNC(N)=O)C(=O)Nc2ccc(COC(=O)Nc3ccc4c(c3)[C@@]3(C)CCC[C@](C)(C(=O)NC(=O)[C@@]5(C)CCC[C@]6(C)c7cc(O)ccc7CC[C@@H]56)[C@@H]3CC4)cc2)C(C)C)Cc2ccccc21. The molecule has 39 heteroatoms. The number of benzene rings is 5. The number of likely N-dealkylation sites (N-methyl/N-ethyl adjacent to an activating group) is 1. The molecule has 0 radical (unpaired) electrons. The lowest BCUT2D eigenvalue weighted by molar-refractivity contribution is -0.150. The highest BCUT2D eigenvalue weighted by molar-refractivity contribution is 6.04. The fourth-order valence-corrected chi connectivity index (χ4v) is 20.6. The maximum absolute atomic E-state index is 14.9. The summed E-state index contributed by atoms with van der Waals surface area (Å²) in [6.45, 7) is 15.5. The van der Waals surface area contributed by atoms with E-state index >= 15 is 0 Å². The maximum atomic E-state index is 14.9. The van der Waals surface area contributed by atoms with E-state index in [1.54, 1.807) is 49.1 Å². The van der Waals surface area contributed by atoms with Gasteiger partial charge in [0.1, 0.15) is 36.7 Å². The first-order valence-electron chi connectivity index (χ1n) is 50.0. The van der Waals surface area contributed by atoms with Crippen molar-refractivity contribution in [3.63, 3.8) is 0 Å². The van der Waals surface area contributed by atoms with E-state index in [-0.39, 0.29) is 164 Å². The molecule has 39 nitrogen and oxygen atoms in total. The van der Waals surface area contributed by atoms with Gasteiger partial charge in [-0.2, -0.15) is 0 Å². The number of ether oxygens (including phenoxy) is 8. The molecule has 2 saturated carbocycles. The number of phenols is 1. The Hall–Kier alpha value is -11.2.